The van der Waals surface area contributed by atoms with Crippen LogP contribution >= 0.6 is 0 Å². The van der Waals surface area contributed by atoms with Crippen LogP contribution in [0.5, 0.6) is 5.75 Å². The van der Waals surface area contributed by atoms with E-state index in [9.17, 15) is 0 Å². The first-order valence-electron chi connectivity index (χ1n) is 6.70. The van der Waals surface area contributed by atoms with Crippen LogP contribution in [0.3, 0.4) is 0 Å². The zero-order valence-electron chi connectivity index (χ0n) is 11.6. The molecular formula is C15H21N3O. The van der Waals surface area contributed by atoms with Gasteiger partial charge in [0.25, 0.3) is 0 Å². The van der Waals surface area contributed by atoms with Gasteiger partial charge in [-0.2, -0.15) is 0 Å². The van der Waals surface area contributed by atoms with E-state index in [1.807, 2.05) is 37.5 Å². The monoisotopic (exact) mass is 259 g/mol. The summed E-state index contributed by atoms with van der Waals surface area (Å²) in [4.78, 5) is 4.48. The van der Waals surface area contributed by atoms with E-state index in [1.165, 1.54) is 0 Å². The summed E-state index contributed by atoms with van der Waals surface area (Å²) < 4.78 is 7.74. The van der Waals surface area contributed by atoms with Gasteiger partial charge in [0.2, 0.25) is 0 Å². The first-order valence-corrected chi connectivity index (χ1v) is 6.70. The van der Waals surface area contributed by atoms with Gasteiger partial charge in [0, 0.05) is 30.9 Å². The van der Waals surface area contributed by atoms with Crippen molar-refractivity contribution in [3.63, 3.8) is 0 Å². The predicted octanol–water partition coefficient (Wildman–Crippen LogP) is 2.38. The van der Waals surface area contributed by atoms with Gasteiger partial charge >= 0.3 is 0 Å². The van der Waals surface area contributed by atoms with Crippen LogP contribution in [0.4, 0.5) is 0 Å². The van der Waals surface area contributed by atoms with E-state index < -0.39 is 0 Å². The summed E-state index contributed by atoms with van der Waals surface area (Å²) in [6, 6.07) is 8.05. The molecule has 0 aliphatic rings. The van der Waals surface area contributed by atoms with Crippen molar-refractivity contribution in [1.82, 2.24) is 9.55 Å². The van der Waals surface area contributed by atoms with Crippen LogP contribution in [0.1, 0.15) is 19.0 Å². The van der Waals surface area contributed by atoms with Gasteiger partial charge in [-0.25, -0.2) is 4.98 Å². The number of benzene rings is 1. The van der Waals surface area contributed by atoms with Crippen LogP contribution in [0.15, 0.2) is 30.5 Å². The minimum absolute atomic E-state index is 0.638. The molecule has 2 aromatic rings. The van der Waals surface area contributed by atoms with E-state index in [2.05, 4.69) is 16.5 Å². The lowest BCUT2D eigenvalue weighted by atomic mass is 10.2. The number of nitrogens with two attached hydrogens (primary N) is 1. The van der Waals surface area contributed by atoms with Crippen molar-refractivity contribution in [2.75, 3.05) is 13.2 Å². The van der Waals surface area contributed by atoms with Gasteiger partial charge in [0.05, 0.1) is 6.61 Å². The van der Waals surface area contributed by atoms with Crippen LogP contribution in [0, 0.1) is 0 Å². The molecule has 0 fully saturated rings. The zero-order chi connectivity index (χ0) is 13.7. The molecule has 0 atom stereocenters. The van der Waals surface area contributed by atoms with Crippen LogP contribution in [-0.4, -0.2) is 22.7 Å². The SMILES string of the molecule is CCCOc1cccc(-c2ncc(CCN)n2C)c1. The van der Waals surface area contributed by atoms with E-state index in [0.29, 0.717) is 6.54 Å². The lowest BCUT2D eigenvalue weighted by Gasteiger charge is -2.08. The third-order valence-electron chi connectivity index (χ3n) is 3.05. The highest BCUT2D eigenvalue weighted by molar-refractivity contribution is 5.58. The van der Waals surface area contributed by atoms with E-state index in [-0.39, 0.29) is 0 Å². The van der Waals surface area contributed by atoms with Crippen LogP contribution < -0.4 is 10.5 Å². The third kappa shape index (κ3) is 3.15. The highest BCUT2D eigenvalue weighted by Gasteiger charge is 2.08. The Morgan fingerprint density at radius 2 is 2.21 bits per heavy atom. The molecule has 19 heavy (non-hydrogen) atoms. The van der Waals surface area contributed by atoms with Crippen molar-refractivity contribution >= 4 is 0 Å². The summed E-state index contributed by atoms with van der Waals surface area (Å²) in [6.45, 7) is 3.47. The average molecular weight is 259 g/mol. The minimum atomic E-state index is 0.638. The fourth-order valence-corrected chi connectivity index (χ4v) is 2.04. The summed E-state index contributed by atoms with van der Waals surface area (Å²) in [5, 5.41) is 0. The molecule has 0 aliphatic heterocycles. The Hall–Kier alpha value is -1.81. The van der Waals surface area contributed by atoms with Crippen molar-refractivity contribution in [2.45, 2.75) is 19.8 Å². The van der Waals surface area contributed by atoms with E-state index in [4.69, 9.17) is 10.5 Å². The second-order valence-corrected chi connectivity index (χ2v) is 4.55. The number of aromatic nitrogens is 2. The van der Waals surface area contributed by atoms with Crippen molar-refractivity contribution in [2.24, 2.45) is 12.8 Å². The lowest BCUT2D eigenvalue weighted by molar-refractivity contribution is 0.317. The van der Waals surface area contributed by atoms with Crippen molar-refractivity contribution in [1.29, 1.82) is 0 Å². The number of rotatable bonds is 6. The highest BCUT2D eigenvalue weighted by Crippen LogP contribution is 2.23. The standard InChI is InChI=1S/C15H21N3O/c1-3-9-19-14-6-4-5-12(10-14)15-17-11-13(7-8-16)18(15)2/h4-6,10-11H,3,7-9,16H2,1-2H3. The van der Waals surface area contributed by atoms with Gasteiger partial charge in [-0.05, 0) is 25.1 Å². The molecule has 0 aliphatic carbocycles. The normalized spacial score (nSPS) is 10.7. The topological polar surface area (TPSA) is 53.1 Å². The van der Waals surface area contributed by atoms with Gasteiger partial charge in [0.15, 0.2) is 0 Å². The molecule has 0 amide bonds. The Morgan fingerprint density at radius 3 is 2.95 bits per heavy atom. The number of imidazole rings is 1. The molecule has 1 aromatic carbocycles. The molecule has 0 radical (unpaired) electrons. The summed E-state index contributed by atoms with van der Waals surface area (Å²) >= 11 is 0. The maximum atomic E-state index is 5.65. The molecule has 2 N–H and O–H groups in total. The number of nitrogens with zero attached hydrogens (tertiary/aromatic N) is 2. The summed E-state index contributed by atoms with van der Waals surface area (Å²) in [7, 11) is 2.02. The first-order chi connectivity index (χ1) is 9.26. The molecule has 2 rings (SSSR count). The van der Waals surface area contributed by atoms with Gasteiger partial charge in [-0.1, -0.05) is 19.1 Å². The Bertz CT molecular complexity index is 534. The smallest absolute Gasteiger partial charge is 0.139 e. The second kappa shape index (κ2) is 6.38. The van der Waals surface area contributed by atoms with Crippen LogP contribution in [-0.2, 0) is 13.5 Å². The molecule has 4 nitrogen and oxygen atoms in total. The average Bonchev–Trinajstić information content (AvgIpc) is 2.79. The molecule has 0 unspecified atom stereocenters. The summed E-state index contributed by atoms with van der Waals surface area (Å²) in [5.74, 6) is 1.84. The highest BCUT2D eigenvalue weighted by atomic mass is 16.5. The maximum absolute atomic E-state index is 5.65. The van der Waals surface area contributed by atoms with Crippen LogP contribution in [0.25, 0.3) is 11.4 Å². The zero-order valence-corrected chi connectivity index (χ0v) is 11.6. The fraction of sp³-hybridized carbons (Fsp3) is 0.400. The lowest BCUT2D eigenvalue weighted by Crippen LogP contribution is -2.07. The quantitative estimate of drug-likeness (QED) is 0.866. The molecule has 1 heterocycles. The minimum Gasteiger partial charge on any atom is -0.494 e. The number of hydrogen-bond donors (Lipinski definition) is 1. The Balaban J connectivity index is 2.26. The summed E-state index contributed by atoms with van der Waals surface area (Å²) in [5.41, 5.74) is 7.81. The molecule has 102 valence electrons. The molecule has 4 heteroatoms. The number of hydrogen-bond acceptors (Lipinski definition) is 3. The molecule has 0 spiro atoms. The predicted molar refractivity (Wildman–Crippen MR) is 77.2 cm³/mol. The Morgan fingerprint density at radius 1 is 1.37 bits per heavy atom. The van der Waals surface area contributed by atoms with E-state index in [1.54, 1.807) is 0 Å². The molecule has 0 saturated heterocycles. The second-order valence-electron chi connectivity index (χ2n) is 4.55. The van der Waals surface area contributed by atoms with Gasteiger partial charge in [-0.3, -0.25) is 0 Å². The Kier molecular flexibility index (Phi) is 4.58. The van der Waals surface area contributed by atoms with Crippen molar-refractivity contribution < 1.29 is 4.74 Å². The first kappa shape index (κ1) is 13.6. The fourth-order valence-electron chi connectivity index (χ4n) is 2.04. The summed E-state index contributed by atoms with van der Waals surface area (Å²) in [6.07, 6.45) is 3.74. The van der Waals surface area contributed by atoms with Gasteiger partial charge in [0.1, 0.15) is 11.6 Å². The molecule has 0 bridgehead atoms. The molecule has 0 saturated carbocycles. The van der Waals surface area contributed by atoms with Crippen LogP contribution in [0.2, 0.25) is 0 Å². The maximum Gasteiger partial charge on any atom is 0.139 e. The number of ether oxygens (including phenoxy) is 1. The molecular weight excluding hydrogens is 238 g/mol. The van der Waals surface area contributed by atoms with Crippen molar-refractivity contribution in [3.05, 3.63) is 36.2 Å². The van der Waals surface area contributed by atoms with E-state index in [0.717, 1.165) is 42.3 Å². The van der Waals surface area contributed by atoms with Gasteiger partial charge < -0.3 is 15.0 Å². The van der Waals surface area contributed by atoms with Gasteiger partial charge in [-0.15, -0.1) is 0 Å². The van der Waals surface area contributed by atoms with E-state index >= 15 is 0 Å². The van der Waals surface area contributed by atoms with Crippen molar-refractivity contribution in [3.8, 4) is 17.1 Å². The molecule has 1 aromatic heterocycles. The third-order valence-corrected chi connectivity index (χ3v) is 3.05. The largest absolute Gasteiger partial charge is 0.494 e. The Labute approximate surface area is 114 Å².